The molecule has 1 aromatic rings. The molecule has 0 heterocycles. The molecule has 0 saturated heterocycles. The van der Waals surface area contributed by atoms with Gasteiger partial charge in [-0.05, 0) is 37.3 Å². The van der Waals surface area contributed by atoms with E-state index >= 15 is 0 Å². The molecule has 4 N–H and O–H groups in total. The van der Waals surface area contributed by atoms with Gasteiger partial charge in [-0.15, -0.1) is 0 Å². The number of para-hydroxylation sites is 1. The van der Waals surface area contributed by atoms with Gasteiger partial charge in [-0.2, -0.15) is 0 Å². The molecular formula is C19H29N3O4. The van der Waals surface area contributed by atoms with E-state index < -0.39 is 18.1 Å². The molecule has 0 aliphatic rings. The summed E-state index contributed by atoms with van der Waals surface area (Å²) >= 11 is 0. The quantitative estimate of drug-likeness (QED) is 0.438. The molecule has 144 valence electrons. The summed E-state index contributed by atoms with van der Waals surface area (Å²) in [6.07, 6.45) is 1.50. The van der Waals surface area contributed by atoms with E-state index in [1.54, 1.807) is 6.92 Å². The molecule has 7 nitrogen and oxygen atoms in total. The zero-order chi connectivity index (χ0) is 19.5. The summed E-state index contributed by atoms with van der Waals surface area (Å²) in [7, 11) is 0. The number of nitrogens with one attached hydrogen (secondary N) is 2. The number of rotatable bonds is 10. The predicted octanol–water partition coefficient (Wildman–Crippen LogP) is 2.91. The van der Waals surface area contributed by atoms with Gasteiger partial charge in [0.25, 0.3) is 5.91 Å². The highest BCUT2D eigenvalue weighted by Crippen LogP contribution is 2.23. The Labute approximate surface area is 154 Å². The third-order valence-corrected chi connectivity index (χ3v) is 3.88. The second kappa shape index (κ2) is 11.1. The number of carbonyl (C=O) groups excluding carboxylic acids is 3. The molecule has 1 atom stereocenters. The number of nitrogens with two attached hydrogens (primary N) is 1. The highest BCUT2D eigenvalue weighted by atomic mass is 16.5. The van der Waals surface area contributed by atoms with Crippen molar-refractivity contribution in [3.05, 3.63) is 29.8 Å². The van der Waals surface area contributed by atoms with E-state index in [9.17, 15) is 14.4 Å². The number of benzene rings is 1. The molecule has 7 heteroatoms. The SMILES string of the molecule is CC(C)c1ccccc1NC(=O)[C@@H](C)OC(=O)CCCCCNC(N)=O. The third-order valence-electron chi connectivity index (χ3n) is 3.88. The van der Waals surface area contributed by atoms with Crippen molar-refractivity contribution in [3.8, 4) is 0 Å². The van der Waals surface area contributed by atoms with Crippen LogP contribution in [0.5, 0.6) is 0 Å². The zero-order valence-corrected chi connectivity index (χ0v) is 15.7. The fourth-order valence-corrected chi connectivity index (χ4v) is 2.44. The Bertz CT molecular complexity index is 617. The Hall–Kier alpha value is -2.57. The smallest absolute Gasteiger partial charge is 0.312 e. The van der Waals surface area contributed by atoms with Gasteiger partial charge < -0.3 is 21.1 Å². The van der Waals surface area contributed by atoms with E-state index in [4.69, 9.17) is 10.5 Å². The summed E-state index contributed by atoms with van der Waals surface area (Å²) < 4.78 is 5.19. The lowest BCUT2D eigenvalue weighted by molar-refractivity contribution is -0.153. The molecule has 3 amide bonds. The van der Waals surface area contributed by atoms with Crippen LogP contribution in [0.25, 0.3) is 0 Å². The van der Waals surface area contributed by atoms with Crippen molar-refractivity contribution in [2.24, 2.45) is 5.73 Å². The van der Waals surface area contributed by atoms with Gasteiger partial charge in [0, 0.05) is 18.7 Å². The molecule has 0 spiro atoms. The fourth-order valence-electron chi connectivity index (χ4n) is 2.44. The number of hydrogen-bond donors (Lipinski definition) is 3. The average molecular weight is 363 g/mol. The number of esters is 1. The first-order chi connectivity index (χ1) is 12.3. The Morgan fingerprint density at radius 3 is 2.42 bits per heavy atom. The van der Waals surface area contributed by atoms with Gasteiger partial charge >= 0.3 is 12.0 Å². The van der Waals surface area contributed by atoms with Crippen LogP contribution in [0.3, 0.4) is 0 Å². The number of hydrogen-bond acceptors (Lipinski definition) is 4. The Morgan fingerprint density at radius 2 is 1.77 bits per heavy atom. The summed E-state index contributed by atoms with van der Waals surface area (Å²) in [5.74, 6) is -0.488. The van der Waals surface area contributed by atoms with Crippen molar-refractivity contribution in [1.82, 2.24) is 5.32 Å². The van der Waals surface area contributed by atoms with Gasteiger partial charge in [0.1, 0.15) is 0 Å². The minimum atomic E-state index is -0.862. The van der Waals surface area contributed by atoms with Crippen LogP contribution in [0.4, 0.5) is 10.5 Å². The number of anilines is 1. The van der Waals surface area contributed by atoms with E-state index in [1.165, 1.54) is 0 Å². The Kier molecular flexibility index (Phi) is 9.19. The summed E-state index contributed by atoms with van der Waals surface area (Å²) in [4.78, 5) is 34.6. The third kappa shape index (κ3) is 8.00. The topological polar surface area (TPSA) is 111 Å². The maximum absolute atomic E-state index is 12.3. The highest BCUT2D eigenvalue weighted by molar-refractivity contribution is 5.95. The summed E-state index contributed by atoms with van der Waals surface area (Å²) in [6, 6.07) is 7.02. The van der Waals surface area contributed by atoms with Crippen LogP contribution in [0.1, 0.15) is 57.9 Å². The fraction of sp³-hybridized carbons (Fsp3) is 0.526. The molecule has 0 aromatic heterocycles. The summed E-state index contributed by atoms with van der Waals surface area (Å²) in [6.45, 7) is 6.14. The molecule has 0 aliphatic carbocycles. The van der Waals surface area contributed by atoms with E-state index in [0.717, 1.165) is 24.1 Å². The van der Waals surface area contributed by atoms with Crippen molar-refractivity contribution in [2.45, 2.75) is 58.5 Å². The normalized spacial score (nSPS) is 11.7. The second-order valence-electron chi connectivity index (χ2n) is 6.46. The lowest BCUT2D eigenvalue weighted by atomic mass is 10.0. The molecule has 0 radical (unpaired) electrons. The number of amides is 3. The molecule has 1 aromatic carbocycles. The molecule has 0 fully saturated rings. The van der Waals surface area contributed by atoms with Crippen LogP contribution in [-0.4, -0.2) is 30.6 Å². The highest BCUT2D eigenvalue weighted by Gasteiger charge is 2.19. The number of unbranched alkanes of at least 4 members (excludes halogenated alkanes) is 2. The Morgan fingerprint density at radius 1 is 1.08 bits per heavy atom. The monoisotopic (exact) mass is 363 g/mol. The molecule has 0 bridgehead atoms. The molecule has 26 heavy (non-hydrogen) atoms. The van der Waals surface area contributed by atoms with Crippen molar-refractivity contribution in [2.75, 3.05) is 11.9 Å². The zero-order valence-electron chi connectivity index (χ0n) is 15.7. The Balaban J connectivity index is 2.35. The standard InChI is InChI=1S/C19H29N3O4/c1-13(2)15-9-6-7-10-16(15)22-18(24)14(3)26-17(23)11-5-4-8-12-21-19(20)25/h6-7,9-10,13-14H,4-5,8,11-12H2,1-3H3,(H,22,24)(H3,20,21,25)/t14-/m1/s1. The molecule has 0 saturated carbocycles. The van der Waals surface area contributed by atoms with Crippen molar-refractivity contribution in [3.63, 3.8) is 0 Å². The average Bonchev–Trinajstić information content (AvgIpc) is 2.57. The van der Waals surface area contributed by atoms with Gasteiger partial charge in [-0.25, -0.2) is 4.79 Å². The lowest BCUT2D eigenvalue weighted by Crippen LogP contribution is -2.30. The van der Waals surface area contributed by atoms with Crippen LogP contribution in [0.2, 0.25) is 0 Å². The van der Waals surface area contributed by atoms with Gasteiger partial charge in [0.2, 0.25) is 0 Å². The van der Waals surface area contributed by atoms with Crippen molar-refractivity contribution >= 4 is 23.6 Å². The maximum Gasteiger partial charge on any atom is 0.312 e. The molecule has 0 unspecified atom stereocenters. The van der Waals surface area contributed by atoms with Gasteiger partial charge in [-0.3, -0.25) is 9.59 Å². The number of carbonyl (C=O) groups is 3. The van der Waals surface area contributed by atoms with Crippen LogP contribution in [0, 0.1) is 0 Å². The van der Waals surface area contributed by atoms with Crippen molar-refractivity contribution < 1.29 is 19.1 Å². The van der Waals surface area contributed by atoms with Crippen LogP contribution >= 0.6 is 0 Å². The van der Waals surface area contributed by atoms with Crippen molar-refractivity contribution in [1.29, 1.82) is 0 Å². The van der Waals surface area contributed by atoms with E-state index in [1.807, 2.05) is 38.1 Å². The number of ether oxygens (including phenoxy) is 1. The number of primary amides is 1. The summed E-state index contributed by atoms with van der Waals surface area (Å²) in [5.41, 5.74) is 6.72. The predicted molar refractivity (Wildman–Crippen MR) is 101 cm³/mol. The first-order valence-electron chi connectivity index (χ1n) is 8.93. The number of urea groups is 1. The largest absolute Gasteiger partial charge is 0.453 e. The van der Waals surface area contributed by atoms with E-state index in [2.05, 4.69) is 10.6 Å². The first kappa shape index (κ1) is 21.5. The summed E-state index contributed by atoms with van der Waals surface area (Å²) in [5, 5.41) is 5.31. The minimum Gasteiger partial charge on any atom is -0.453 e. The first-order valence-corrected chi connectivity index (χ1v) is 8.93. The van der Waals surface area contributed by atoms with E-state index in [0.29, 0.717) is 13.0 Å². The van der Waals surface area contributed by atoms with Gasteiger partial charge in [-0.1, -0.05) is 38.5 Å². The van der Waals surface area contributed by atoms with Crippen LogP contribution in [0.15, 0.2) is 24.3 Å². The lowest BCUT2D eigenvalue weighted by Gasteiger charge is -2.17. The molecular weight excluding hydrogens is 334 g/mol. The van der Waals surface area contributed by atoms with Gasteiger partial charge in [0.05, 0.1) is 0 Å². The minimum absolute atomic E-state index is 0.233. The van der Waals surface area contributed by atoms with Crippen LogP contribution in [-0.2, 0) is 14.3 Å². The molecule has 0 aliphatic heterocycles. The molecule has 1 rings (SSSR count). The van der Waals surface area contributed by atoms with Gasteiger partial charge in [0.15, 0.2) is 6.10 Å². The van der Waals surface area contributed by atoms with Crippen LogP contribution < -0.4 is 16.4 Å². The maximum atomic E-state index is 12.3. The van der Waals surface area contributed by atoms with E-state index in [-0.39, 0.29) is 18.2 Å². The second-order valence-corrected chi connectivity index (χ2v) is 6.46.